The van der Waals surface area contributed by atoms with Crippen LogP contribution >= 0.6 is 11.6 Å². The fourth-order valence-corrected chi connectivity index (χ4v) is 2.07. The number of anilines is 1. The molecule has 0 bridgehead atoms. The van der Waals surface area contributed by atoms with Crippen LogP contribution in [0.2, 0.25) is 5.02 Å². The highest BCUT2D eigenvalue weighted by molar-refractivity contribution is 6.31. The Bertz CT molecular complexity index is 595. The zero-order valence-corrected chi connectivity index (χ0v) is 11.8. The molecule has 0 atom stereocenters. The van der Waals surface area contributed by atoms with Crippen molar-refractivity contribution in [1.82, 2.24) is 14.8 Å². The topological polar surface area (TPSA) is 51.0 Å². The Kier molecular flexibility index (Phi) is 3.85. The standard InChI is InChI=1S/C13H15ClN4O/c1-9-10(2)13(5-4-12(9)14)18(11(3)19)8-17-6-15-16-7-17/h4-7H,8H2,1-3H3. The summed E-state index contributed by atoms with van der Waals surface area (Å²) in [5.74, 6) is -0.0430. The van der Waals surface area contributed by atoms with E-state index in [-0.39, 0.29) is 5.91 Å². The lowest BCUT2D eigenvalue weighted by Gasteiger charge is -2.24. The number of aromatic nitrogens is 3. The Morgan fingerprint density at radius 2 is 1.89 bits per heavy atom. The van der Waals surface area contributed by atoms with Crippen LogP contribution in [0, 0.1) is 13.8 Å². The Labute approximate surface area is 116 Å². The maximum atomic E-state index is 11.9. The van der Waals surface area contributed by atoms with Crippen molar-refractivity contribution in [3.8, 4) is 0 Å². The van der Waals surface area contributed by atoms with E-state index in [4.69, 9.17) is 11.6 Å². The average Bonchev–Trinajstić information content (AvgIpc) is 2.87. The number of carbonyl (C=O) groups is 1. The molecule has 0 spiro atoms. The molecule has 1 amide bonds. The molecule has 6 heteroatoms. The van der Waals surface area contributed by atoms with E-state index in [1.165, 1.54) is 6.92 Å². The van der Waals surface area contributed by atoms with Crippen LogP contribution < -0.4 is 4.90 Å². The van der Waals surface area contributed by atoms with Gasteiger partial charge in [-0.05, 0) is 37.1 Å². The van der Waals surface area contributed by atoms with Crippen molar-refractivity contribution < 1.29 is 4.79 Å². The monoisotopic (exact) mass is 278 g/mol. The zero-order valence-electron chi connectivity index (χ0n) is 11.1. The average molecular weight is 279 g/mol. The van der Waals surface area contributed by atoms with Gasteiger partial charge in [0, 0.05) is 17.6 Å². The van der Waals surface area contributed by atoms with Crippen molar-refractivity contribution in [2.24, 2.45) is 0 Å². The molecule has 0 radical (unpaired) electrons. The summed E-state index contributed by atoms with van der Waals surface area (Å²) in [6.45, 7) is 5.81. The third-order valence-corrected chi connectivity index (χ3v) is 3.54. The third-order valence-electron chi connectivity index (χ3n) is 3.13. The number of nitrogens with zero attached hydrogens (tertiary/aromatic N) is 4. The molecule has 0 fully saturated rings. The quantitative estimate of drug-likeness (QED) is 0.867. The molecular formula is C13H15ClN4O. The van der Waals surface area contributed by atoms with Gasteiger partial charge in [-0.15, -0.1) is 10.2 Å². The largest absolute Gasteiger partial charge is 0.301 e. The highest BCUT2D eigenvalue weighted by Crippen LogP contribution is 2.28. The minimum absolute atomic E-state index is 0.0430. The van der Waals surface area contributed by atoms with Crippen LogP contribution in [0.5, 0.6) is 0 Å². The van der Waals surface area contributed by atoms with Crippen LogP contribution in [0.3, 0.4) is 0 Å². The number of amides is 1. The summed E-state index contributed by atoms with van der Waals surface area (Å²) >= 11 is 6.08. The molecule has 0 aliphatic rings. The van der Waals surface area contributed by atoms with Gasteiger partial charge < -0.3 is 4.57 Å². The van der Waals surface area contributed by atoms with Gasteiger partial charge in [0.25, 0.3) is 0 Å². The molecule has 19 heavy (non-hydrogen) atoms. The van der Waals surface area contributed by atoms with Gasteiger partial charge in [-0.3, -0.25) is 9.69 Å². The summed E-state index contributed by atoms with van der Waals surface area (Å²) in [6, 6.07) is 3.66. The van der Waals surface area contributed by atoms with Gasteiger partial charge >= 0.3 is 0 Å². The molecule has 1 aromatic carbocycles. The summed E-state index contributed by atoms with van der Waals surface area (Å²) in [6.07, 6.45) is 3.15. The minimum atomic E-state index is -0.0430. The van der Waals surface area contributed by atoms with Crippen LogP contribution in [0.1, 0.15) is 18.1 Å². The van der Waals surface area contributed by atoms with Crippen LogP contribution in [0.25, 0.3) is 0 Å². The normalized spacial score (nSPS) is 10.5. The molecule has 0 aliphatic heterocycles. The lowest BCUT2D eigenvalue weighted by molar-refractivity contribution is -0.116. The Balaban J connectivity index is 2.40. The molecule has 0 saturated heterocycles. The highest BCUT2D eigenvalue weighted by Gasteiger charge is 2.16. The first-order valence-electron chi connectivity index (χ1n) is 5.87. The fraction of sp³-hybridized carbons (Fsp3) is 0.308. The number of hydrogen-bond donors (Lipinski definition) is 0. The van der Waals surface area contributed by atoms with E-state index < -0.39 is 0 Å². The van der Waals surface area contributed by atoms with Crippen molar-refractivity contribution >= 4 is 23.2 Å². The van der Waals surface area contributed by atoms with Crippen molar-refractivity contribution in [2.45, 2.75) is 27.4 Å². The van der Waals surface area contributed by atoms with Crippen molar-refractivity contribution in [1.29, 1.82) is 0 Å². The fourth-order valence-electron chi connectivity index (χ4n) is 1.87. The molecule has 0 aliphatic carbocycles. The van der Waals surface area contributed by atoms with Gasteiger partial charge in [-0.25, -0.2) is 0 Å². The van der Waals surface area contributed by atoms with E-state index in [9.17, 15) is 4.79 Å². The molecule has 1 heterocycles. The maximum Gasteiger partial charge on any atom is 0.225 e. The minimum Gasteiger partial charge on any atom is -0.301 e. The summed E-state index contributed by atoms with van der Waals surface area (Å²) < 4.78 is 1.74. The lowest BCUT2D eigenvalue weighted by Crippen LogP contribution is -2.31. The Morgan fingerprint density at radius 3 is 2.47 bits per heavy atom. The number of halogens is 1. The molecule has 100 valence electrons. The van der Waals surface area contributed by atoms with E-state index >= 15 is 0 Å². The van der Waals surface area contributed by atoms with Crippen molar-refractivity contribution in [3.05, 3.63) is 40.9 Å². The summed E-state index contributed by atoms with van der Waals surface area (Å²) in [7, 11) is 0. The number of benzene rings is 1. The van der Waals surface area contributed by atoms with Crippen LogP contribution in [0.4, 0.5) is 5.69 Å². The van der Waals surface area contributed by atoms with Crippen molar-refractivity contribution in [3.63, 3.8) is 0 Å². The zero-order chi connectivity index (χ0) is 14.0. The summed E-state index contributed by atoms with van der Waals surface area (Å²) in [5.41, 5.74) is 2.83. The van der Waals surface area contributed by atoms with Gasteiger partial charge in [0.2, 0.25) is 5.91 Å². The van der Waals surface area contributed by atoms with E-state index in [1.807, 2.05) is 19.9 Å². The second kappa shape index (κ2) is 5.40. The number of carbonyl (C=O) groups excluding carboxylic acids is 1. The molecule has 0 saturated carbocycles. The van der Waals surface area contributed by atoms with E-state index in [2.05, 4.69) is 10.2 Å². The van der Waals surface area contributed by atoms with Crippen LogP contribution in [-0.4, -0.2) is 20.7 Å². The predicted molar refractivity (Wildman–Crippen MR) is 74.1 cm³/mol. The predicted octanol–water partition coefficient (Wildman–Crippen LogP) is 2.56. The SMILES string of the molecule is CC(=O)N(Cn1cnnc1)c1ccc(Cl)c(C)c1C. The van der Waals surface area contributed by atoms with Gasteiger partial charge in [-0.1, -0.05) is 11.6 Å². The number of hydrogen-bond acceptors (Lipinski definition) is 3. The summed E-state index contributed by atoms with van der Waals surface area (Å²) in [4.78, 5) is 13.5. The third kappa shape index (κ3) is 2.76. The first-order chi connectivity index (χ1) is 9.00. The summed E-state index contributed by atoms with van der Waals surface area (Å²) in [5, 5.41) is 8.18. The second-order valence-corrected chi connectivity index (χ2v) is 4.79. The molecule has 2 aromatic rings. The molecule has 1 aromatic heterocycles. The number of rotatable bonds is 3. The molecule has 5 nitrogen and oxygen atoms in total. The van der Waals surface area contributed by atoms with Crippen LogP contribution in [0.15, 0.2) is 24.8 Å². The molecule has 0 N–H and O–H groups in total. The molecule has 2 rings (SSSR count). The van der Waals surface area contributed by atoms with Gasteiger partial charge in [0.05, 0.1) is 0 Å². The van der Waals surface area contributed by atoms with E-state index in [1.54, 1.807) is 28.2 Å². The second-order valence-electron chi connectivity index (χ2n) is 4.38. The van der Waals surface area contributed by atoms with Gasteiger partial charge in [0.1, 0.15) is 19.3 Å². The maximum absolute atomic E-state index is 11.9. The van der Waals surface area contributed by atoms with Crippen LogP contribution in [-0.2, 0) is 11.5 Å². The smallest absolute Gasteiger partial charge is 0.225 e. The van der Waals surface area contributed by atoms with Gasteiger partial charge in [0.15, 0.2) is 0 Å². The lowest BCUT2D eigenvalue weighted by atomic mass is 10.1. The van der Waals surface area contributed by atoms with Crippen molar-refractivity contribution in [2.75, 3.05) is 4.90 Å². The first-order valence-corrected chi connectivity index (χ1v) is 6.24. The molecule has 0 unspecified atom stereocenters. The molecular weight excluding hydrogens is 264 g/mol. The highest BCUT2D eigenvalue weighted by atomic mass is 35.5. The first kappa shape index (κ1) is 13.5. The van der Waals surface area contributed by atoms with Gasteiger partial charge in [-0.2, -0.15) is 0 Å². The van der Waals surface area contributed by atoms with E-state index in [0.717, 1.165) is 16.8 Å². The Morgan fingerprint density at radius 1 is 1.26 bits per heavy atom. The Hall–Kier alpha value is -1.88. The van der Waals surface area contributed by atoms with E-state index in [0.29, 0.717) is 11.7 Å².